The fourth-order valence-electron chi connectivity index (χ4n) is 3.07. The van der Waals surface area contributed by atoms with E-state index in [1.807, 2.05) is 6.92 Å². The van der Waals surface area contributed by atoms with Gasteiger partial charge in [-0.05, 0) is 37.8 Å². The van der Waals surface area contributed by atoms with Crippen LogP contribution in [0.3, 0.4) is 0 Å². The van der Waals surface area contributed by atoms with E-state index < -0.39 is 20.6 Å². The molecule has 0 aliphatic heterocycles. The molecule has 0 unspecified atom stereocenters. The Bertz CT molecular complexity index is 633. The standard InChI is InChI=1S/C17H24O4S/c1-4-5-6-7-14-12-17(14,16(18)21-3)22(19,20)15-10-8-13(2)9-11-15/h8-11,14H,4-7,12H2,1-3H3/t14-,17-/m1/s1. The number of hydrogen-bond acceptors (Lipinski definition) is 4. The van der Waals surface area contributed by atoms with Crippen LogP contribution in [0.5, 0.6) is 0 Å². The van der Waals surface area contributed by atoms with Crippen LogP contribution >= 0.6 is 0 Å². The lowest BCUT2D eigenvalue weighted by Crippen LogP contribution is -2.36. The second-order valence-electron chi connectivity index (χ2n) is 6.09. The summed E-state index contributed by atoms with van der Waals surface area (Å²) in [5, 5.41) is 0. The van der Waals surface area contributed by atoms with Crippen LogP contribution in [0.1, 0.15) is 44.6 Å². The molecule has 1 aliphatic rings. The quantitative estimate of drug-likeness (QED) is 0.570. The van der Waals surface area contributed by atoms with Crippen molar-refractivity contribution in [3.8, 4) is 0 Å². The average Bonchev–Trinajstić information content (AvgIpc) is 3.23. The van der Waals surface area contributed by atoms with Crippen molar-refractivity contribution >= 4 is 15.8 Å². The van der Waals surface area contributed by atoms with Crippen LogP contribution in [0.25, 0.3) is 0 Å². The Hall–Kier alpha value is -1.36. The monoisotopic (exact) mass is 324 g/mol. The third-order valence-corrected chi connectivity index (χ3v) is 7.07. The van der Waals surface area contributed by atoms with E-state index in [1.54, 1.807) is 24.3 Å². The lowest BCUT2D eigenvalue weighted by molar-refractivity contribution is -0.141. The molecule has 0 N–H and O–H groups in total. The van der Waals surface area contributed by atoms with Crippen molar-refractivity contribution in [2.75, 3.05) is 7.11 Å². The van der Waals surface area contributed by atoms with Crippen molar-refractivity contribution in [2.45, 2.75) is 55.6 Å². The molecule has 4 nitrogen and oxygen atoms in total. The van der Waals surface area contributed by atoms with Gasteiger partial charge in [-0.3, -0.25) is 4.79 Å². The maximum atomic E-state index is 13.0. The fraction of sp³-hybridized carbons (Fsp3) is 0.588. The summed E-state index contributed by atoms with van der Waals surface area (Å²) in [4.78, 5) is 12.4. The number of hydrogen-bond donors (Lipinski definition) is 0. The molecule has 122 valence electrons. The van der Waals surface area contributed by atoms with Gasteiger partial charge < -0.3 is 4.74 Å². The first-order valence-electron chi connectivity index (χ1n) is 7.80. The highest BCUT2D eigenvalue weighted by Gasteiger charge is 2.69. The molecule has 1 aromatic rings. The zero-order valence-electron chi connectivity index (χ0n) is 13.5. The SMILES string of the molecule is CCCCC[C@@H]1C[C@@]1(C(=O)OC)S(=O)(=O)c1ccc(C)cc1. The second-order valence-corrected chi connectivity index (χ2v) is 8.30. The van der Waals surface area contributed by atoms with Gasteiger partial charge in [-0.25, -0.2) is 8.42 Å². The van der Waals surface area contributed by atoms with E-state index in [1.165, 1.54) is 7.11 Å². The Morgan fingerprint density at radius 3 is 2.45 bits per heavy atom. The van der Waals surface area contributed by atoms with E-state index >= 15 is 0 Å². The molecule has 0 saturated heterocycles. The zero-order chi connectivity index (χ0) is 16.4. The summed E-state index contributed by atoms with van der Waals surface area (Å²) >= 11 is 0. The first-order chi connectivity index (χ1) is 10.4. The van der Waals surface area contributed by atoms with E-state index in [-0.39, 0.29) is 10.8 Å². The number of unbranched alkanes of at least 4 members (excludes halogenated alkanes) is 2. The summed E-state index contributed by atoms with van der Waals surface area (Å²) < 4.78 is 29.4. The Kier molecular flexibility index (Phi) is 4.95. The minimum Gasteiger partial charge on any atom is -0.468 e. The number of aryl methyl sites for hydroxylation is 1. The molecule has 0 amide bonds. The molecule has 1 fully saturated rings. The molecule has 2 atom stereocenters. The van der Waals surface area contributed by atoms with Crippen molar-refractivity contribution in [3.63, 3.8) is 0 Å². The number of rotatable bonds is 7. The highest BCUT2D eigenvalue weighted by molar-refractivity contribution is 7.94. The van der Waals surface area contributed by atoms with E-state index in [2.05, 4.69) is 6.92 Å². The molecule has 1 aromatic carbocycles. The summed E-state index contributed by atoms with van der Waals surface area (Å²) in [7, 11) is -2.46. The first kappa shape index (κ1) is 17.0. The molecule has 1 saturated carbocycles. The topological polar surface area (TPSA) is 60.4 Å². The Morgan fingerprint density at radius 1 is 1.27 bits per heavy atom. The van der Waals surface area contributed by atoms with Gasteiger partial charge in [0.1, 0.15) is 0 Å². The molecular weight excluding hydrogens is 300 g/mol. The molecule has 0 spiro atoms. The van der Waals surface area contributed by atoms with Gasteiger partial charge in [0.2, 0.25) is 0 Å². The molecule has 22 heavy (non-hydrogen) atoms. The van der Waals surface area contributed by atoms with Gasteiger partial charge in [0, 0.05) is 0 Å². The molecule has 0 radical (unpaired) electrons. The summed E-state index contributed by atoms with van der Waals surface area (Å²) in [5.41, 5.74) is 0.987. The molecule has 5 heteroatoms. The number of carbonyl (C=O) groups is 1. The van der Waals surface area contributed by atoms with Gasteiger partial charge >= 0.3 is 5.97 Å². The number of ether oxygens (including phenoxy) is 1. The largest absolute Gasteiger partial charge is 0.468 e. The van der Waals surface area contributed by atoms with Gasteiger partial charge in [-0.2, -0.15) is 0 Å². The second kappa shape index (κ2) is 6.41. The average molecular weight is 324 g/mol. The Balaban J connectivity index is 2.31. The van der Waals surface area contributed by atoms with E-state index in [0.29, 0.717) is 6.42 Å². The van der Waals surface area contributed by atoms with Crippen LogP contribution in [0, 0.1) is 12.8 Å². The van der Waals surface area contributed by atoms with E-state index in [0.717, 1.165) is 31.2 Å². The van der Waals surface area contributed by atoms with Gasteiger partial charge in [0.15, 0.2) is 14.6 Å². The fourth-order valence-corrected chi connectivity index (χ4v) is 5.27. The summed E-state index contributed by atoms with van der Waals surface area (Å²) in [6.45, 7) is 4.00. The molecule has 1 aliphatic carbocycles. The van der Waals surface area contributed by atoms with Crippen molar-refractivity contribution in [3.05, 3.63) is 29.8 Å². The molecule has 0 aromatic heterocycles. The van der Waals surface area contributed by atoms with Crippen molar-refractivity contribution in [1.82, 2.24) is 0 Å². The third kappa shape index (κ3) is 2.78. The summed E-state index contributed by atoms with van der Waals surface area (Å²) in [6, 6.07) is 6.67. The molecular formula is C17H24O4S. The van der Waals surface area contributed by atoms with Crippen LogP contribution in [0.4, 0.5) is 0 Å². The van der Waals surface area contributed by atoms with E-state index in [4.69, 9.17) is 4.74 Å². The van der Waals surface area contributed by atoms with Gasteiger partial charge in [-0.1, -0.05) is 43.9 Å². The van der Waals surface area contributed by atoms with Crippen LogP contribution < -0.4 is 0 Å². The van der Waals surface area contributed by atoms with Crippen LogP contribution in [0.2, 0.25) is 0 Å². The van der Waals surface area contributed by atoms with Gasteiger partial charge in [-0.15, -0.1) is 0 Å². The smallest absolute Gasteiger partial charge is 0.327 e. The summed E-state index contributed by atoms with van der Waals surface area (Å²) in [6.07, 6.45) is 4.21. The Morgan fingerprint density at radius 2 is 1.91 bits per heavy atom. The molecule has 2 rings (SSSR count). The number of benzene rings is 1. The zero-order valence-corrected chi connectivity index (χ0v) is 14.3. The lowest BCUT2D eigenvalue weighted by Gasteiger charge is -2.16. The predicted octanol–water partition coefficient (Wildman–Crippen LogP) is 3.28. The highest BCUT2D eigenvalue weighted by Crippen LogP contribution is 2.55. The highest BCUT2D eigenvalue weighted by atomic mass is 32.2. The number of methoxy groups -OCH3 is 1. The minimum absolute atomic E-state index is 0.127. The van der Waals surface area contributed by atoms with Crippen molar-refractivity contribution in [1.29, 1.82) is 0 Å². The van der Waals surface area contributed by atoms with Crippen molar-refractivity contribution in [2.24, 2.45) is 5.92 Å². The van der Waals surface area contributed by atoms with Crippen LogP contribution in [-0.2, 0) is 19.4 Å². The van der Waals surface area contributed by atoms with E-state index in [9.17, 15) is 13.2 Å². The first-order valence-corrected chi connectivity index (χ1v) is 9.28. The Labute approximate surface area is 132 Å². The molecule has 0 heterocycles. The maximum absolute atomic E-state index is 13.0. The number of esters is 1. The van der Waals surface area contributed by atoms with Gasteiger partial charge in [0.25, 0.3) is 0 Å². The van der Waals surface area contributed by atoms with Crippen LogP contribution in [-0.4, -0.2) is 26.2 Å². The van der Waals surface area contributed by atoms with Crippen LogP contribution in [0.15, 0.2) is 29.2 Å². The molecule has 0 bridgehead atoms. The number of carbonyl (C=O) groups excluding carboxylic acids is 1. The summed E-state index contributed by atoms with van der Waals surface area (Å²) in [5.74, 6) is -0.743. The third-order valence-electron chi connectivity index (χ3n) is 4.55. The maximum Gasteiger partial charge on any atom is 0.327 e. The van der Waals surface area contributed by atoms with Crippen molar-refractivity contribution < 1.29 is 17.9 Å². The van der Waals surface area contributed by atoms with Gasteiger partial charge in [0.05, 0.1) is 12.0 Å². The lowest BCUT2D eigenvalue weighted by atomic mass is 10.1. The minimum atomic E-state index is -3.72. The predicted molar refractivity (Wildman–Crippen MR) is 85.4 cm³/mol. The number of sulfone groups is 1. The normalized spacial score (nSPS) is 24.0.